The van der Waals surface area contributed by atoms with Gasteiger partial charge in [0.15, 0.2) is 5.79 Å². The zero-order chi connectivity index (χ0) is 22.5. The first-order valence-electron chi connectivity index (χ1n) is 13.2. The molecule has 6 aliphatic rings. The van der Waals surface area contributed by atoms with E-state index in [0.717, 1.165) is 37.5 Å². The number of ether oxygens (including phenoxy) is 2. The van der Waals surface area contributed by atoms with Crippen molar-refractivity contribution in [3.05, 3.63) is 11.6 Å². The van der Waals surface area contributed by atoms with E-state index in [1.807, 2.05) is 0 Å². The van der Waals surface area contributed by atoms with Crippen molar-refractivity contribution in [3.8, 4) is 0 Å². The van der Waals surface area contributed by atoms with Gasteiger partial charge in [-0.3, -0.25) is 0 Å². The van der Waals surface area contributed by atoms with Crippen LogP contribution in [0.2, 0.25) is 0 Å². The number of aliphatic hydroxyl groups excluding tert-OH is 2. The van der Waals surface area contributed by atoms with Crippen LogP contribution in [0.3, 0.4) is 0 Å². The summed E-state index contributed by atoms with van der Waals surface area (Å²) in [5, 5.41) is 30.3. The minimum Gasteiger partial charge on any atom is -0.393 e. The SMILES string of the molecule is CC1C2C(CC3C4CC=C5CC(O)CCC5(C)C4CCC32C)OC12CCC(O)(CO)CO2. The Hall–Kier alpha value is -0.460. The average molecular weight is 447 g/mol. The van der Waals surface area contributed by atoms with Crippen LogP contribution in [-0.4, -0.2) is 52.1 Å². The second-order valence-corrected chi connectivity index (χ2v) is 12.9. The quantitative estimate of drug-likeness (QED) is 0.534. The topological polar surface area (TPSA) is 79.2 Å². The van der Waals surface area contributed by atoms with Gasteiger partial charge >= 0.3 is 0 Å². The fourth-order valence-electron chi connectivity index (χ4n) is 9.71. The monoisotopic (exact) mass is 446 g/mol. The molecule has 5 heteroatoms. The van der Waals surface area contributed by atoms with Crippen molar-refractivity contribution in [2.45, 2.75) is 102 Å². The van der Waals surface area contributed by atoms with Gasteiger partial charge < -0.3 is 24.8 Å². The summed E-state index contributed by atoms with van der Waals surface area (Å²) >= 11 is 0. The molecule has 2 aliphatic heterocycles. The van der Waals surface area contributed by atoms with E-state index in [2.05, 4.69) is 26.8 Å². The van der Waals surface area contributed by atoms with E-state index < -0.39 is 11.4 Å². The van der Waals surface area contributed by atoms with Gasteiger partial charge in [-0.2, -0.15) is 0 Å². The summed E-state index contributed by atoms with van der Waals surface area (Å²) in [6, 6.07) is 0. The van der Waals surface area contributed by atoms with Crippen molar-refractivity contribution in [1.82, 2.24) is 0 Å². The molecule has 11 unspecified atom stereocenters. The van der Waals surface area contributed by atoms with Crippen molar-refractivity contribution in [2.75, 3.05) is 13.2 Å². The molecule has 4 aliphatic carbocycles. The van der Waals surface area contributed by atoms with Gasteiger partial charge in [0.1, 0.15) is 5.60 Å². The van der Waals surface area contributed by atoms with Gasteiger partial charge in [0, 0.05) is 12.3 Å². The summed E-state index contributed by atoms with van der Waals surface area (Å²) in [6.45, 7) is 7.26. The molecule has 1 spiro atoms. The molecule has 11 atom stereocenters. The molecule has 0 aromatic carbocycles. The molecule has 32 heavy (non-hydrogen) atoms. The lowest BCUT2D eigenvalue weighted by Crippen LogP contribution is -2.55. The van der Waals surface area contributed by atoms with Crippen molar-refractivity contribution in [3.63, 3.8) is 0 Å². The summed E-state index contributed by atoms with van der Waals surface area (Å²) in [4.78, 5) is 0. The van der Waals surface area contributed by atoms with Gasteiger partial charge in [-0.25, -0.2) is 0 Å². The van der Waals surface area contributed by atoms with E-state index in [1.54, 1.807) is 0 Å². The highest BCUT2D eigenvalue weighted by molar-refractivity contribution is 5.26. The number of hydrogen-bond acceptors (Lipinski definition) is 5. The van der Waals surface area contributed by atoms with Gasteiger partial charge in [0.2, 0.25) is 0 Å². The third-order valence-electron chi connectivity index (χ3n) is 11.6. The highest BCUT2D eigenvalue weighted by atomic mass is 16.7. The van der Waals surface area contributed by atoms with Crippen LogP contribution < -0.4 is 0 Å². The Kier molecular flexibility index (Phi) is 4.84. The number of hydrogen-bond donors (Lipinski definition) is 3. The molecule has 2 heterocycles. The third kappa shape index (κ3) is 2.81. The highest BCUT2D eigenvalue weighted by Gasteiger charge is 2.69. The van der Waals surface area contributed by atoms with E-state index in [1.165, 1.54) is 24.8 Å². The molecule has 0 aromatic heterocycles. The van der Waals surface area contributed by atoms with Gasteiger partial charge in [-0.1, -0.05) is 32.4 Å². The van der Waals surface area contributed by atoms with Crippen LogP contribution in [0.5, 0.6) is 0 Å². The average Bonchev–Trinajstić information content (AvgIpc) is 3.22. The number of allylic oxidation sites excluding steroid dienone is 1. The summed E-state index contributed by atoms with van der Waals surface area (Å²) in [5.41, 5.74) is 0.968. The Morgan fingerprint density at radius 1 is 1.09 bits per heavy atom. The molecule has 180 valence electrons. The zero-order valence-corrected chi connectivity index (χ0v) is 20.1. The van der Waals surface area contributed by atoms with Crippen LogP contribution in [0.25, 0.3) is 0 Å². The van der Waals surface area contributed by atoms with E-state index in [-0.39, 0.29) is 36.3 Å². The number of rotatable bonds is 1. The minimum atomic E-state index is -1.12. The van der Waals surface area contributed by atoms with Crippen LogP contribution in [0.15, 0.2) is 11.6 Å². The smallest absolute Gasteiger partial charge is 0.171 e. The van der Waals surface area contributed by atoms with Crippen LogP contribution in [0.1, 0.15) is 78.6 Å². The lowest BCUT2D eigenvalue weighted by molar-refractivity contribution is -0.299. The Labute approximate surface area is 192 Å². The normalized spacial score (nSPS) is 59.2. The first kappa shape index (κ1) is 22.0. The summed E-state index contributed by atoms with van der Waals surface area (Å²) < 4.78 is 13.0. The molecular formula is C27H42O5. The molecule has 5 fully saturated rings. The van der Waals surface area contributed by atoms with Crippen LogP contribution in [0.4, 0.5) is 0 Å². The Morgan fingerprint density at radius 2 is 1.91 bits per heavy atom. The summed E-state index contributed by atoms with van der Waals surface area (Å²) in [5.74, 6) is 2.36. The van der Waals surface area contributed by atoms with Gasteiger partial charge in [0.05, 0.1) is 25.4 Å². The van der Waals surface area contributed by atoms with Crippen molar-refractivity contribution in [2.24, 2.45) is 40.4 Å². The fourth-order valence-corrected chi connectivity index (χ4v) is 9.71. The van der Waals surface area contributed by atoms with Crippen LogP contribution in [0, 0.1) is 40.4 Å². The van der Waals surface area contributed by atoms with E-state index in [4.69, 9.17) is 9.47 Å². The second-order valence-electron chi connectivity index (χ2n) is 12.9. The van der Waals surface area contributed by atoms with Gasteiger partial charge in [-0.05, 0) is 85.9 Å². The maximum Gasteiger partial charge on any atom is 0.171 e. The predicted octanol–water partition coefficient (Wildman–Crippen LogP) is 3.80. The summed E-state index contributed by atoms with van der Waals surface area (Å²) in [7, 11) is 0. The standard InChI is InChI=1S/C27H42O5/c1-16-23-22(32-27(16)11-10-26(30,14-28)15-31-27)13-21-19-5-4-17-12-18(29)6-8-24(17,2)20(19)7-9-25(21,23)3/h4,16,18-23,28-30H,5-15H2,1-3H3. The maximum absolute atomic E-state index is 10.5. The van der Waals surface area contributed by atoms with Crippen LogP contribution in [-0.2, 0) is 9.47 Å². The molecule has 3 N–H and O–H groups in total. The van der Waals surface area contributed by atoms with Crippen molar-refractivity contribution < 1.29 is 24.8 Å². The molecular weight excluding hydrogens is 404 g/mol. The second kappa shape index (κ2) is 7.04. The first-order chi connectivity index (χ1) is 15.1. The van der Waals surface area contributed by atoms with Crippen LogP contribution >= 0.6 is 0 Å². The summed E-state index contributed by atoms with van der Waals surface area (Å²) in [6.07, 6.45) is 11.6. The lowest BCUT2D eigenvalue weighted by Gasteiger charge is -2.58. The van der Waals surface area contributed by atoms with Gasteiger partial charge in [0.25, 0.3) is 0 Å². The molecule has 0 amide bonds. The van der Waals surface area contributed by atoms with Crippen molar-refractivity contribution >= 4 is 0 Å². The van der Waals surface area contributed by atoms with E-state index in [0.29, 0.717) is 30.6 Å². The fraction of sp³-hybridized carbons (Fsp3) is 0.926. The van der Waals surface area contributed by atoms with E-state index in [9.17, 15) is 15.3 Å². The Morgan fingerprint density at radius 3 is 2.62 bits per heavy atom. The largest absolute Gasteiger partial charge is 0.393 e. The molecule has 2 saturated heterocycles. The number of aliphatic hydroxyl groups is 3. The zero-order valence-electron chi connectivity index (χ0n) is 20.1. The molecule has 0 aromatic rings. The lowest BCUT2D eigenvalue weighted by atomic mass is 9.47. The Balaban J connectivity index is 1.25. The number of fused-ring (bicyclic) bond motifs is 7. The molecule has 0 bridgehead atoms. The minimum absolute atomic E-state index is 0.144. The molecule has 5 nitrogen and oxygen atoms in total. The third-order valence-corrected chi connectivity index (χ3v) is 11.6. The van der Waals surface area contributed by atoms with E-state index >= 15 is 0 Å². The highest BCUT2D eigenvalue weighted by Crippen LogP contribution is 2.70. The maximum atomic E-state index is 10.5. The first-order valence-corrected chi connectivity index (χ1v) is 13.2. The molecule has 0 radical (unpaired) electrons. The van der Waals surface area contributed by atoms with Gasteiger partial charge in [-0.15, -0.1) is 0 Å². The molecule has 3 saturated carbocycles. The van der Waals surface area contributed by atoms with Crippen molar-refractivity contribution in [1.29, 1.82) is 0 Å². The predicted molar refractivity (Wildman–Crippen MR) is 121 cm³/mol. The Bertz CT molecular complexity index is 800. The molecule has 6 rings (SSSR count).